The van der Waals surface area contributed by atoms with Crippen molar-refractivity contribution >= 4 is 22.7 Å². The van der Waals surface area contributed by atoms with Crippen molar-refractivity contribution < 1.29 is 0 Å². The molecule has 0 aliphatic heterocycles. The summed E-state index contributed by atoms with van der Waals surface area (Å²) in [5, 5.41) is 1.36. The topological polar surface area (TPSA) is 4.93 Å². The van der Waals surface area contributed by atoms with Crippen LogP contribution in [0, 0.1) is 6.92 Å². The zero-order valence-electron chi connectivity index (χ0n) is 9.58. The van der Waals surface area contributed by atoms with Crippen LogP contribution in [0.25, 0.3) is 10.9 Å². The van der Waals surface area contributed by atoms with E-state index >= 15 is 0 Å². The molecule has 0 aliphatic rings. The van der Waals surface area contributed by atoms with Crippen molar-refractivity contribution in [1.29, 1.82) is 0 Å². The number of benzene rings is 1. The van der Waals surface area contributed by atoms with Gasteiger partial charge in [-0.05, 0) is 35.8 Å². The molecule has 0 fully saturated rings. The molecular weight excluding hydrogens is 202 g/mol. The summed E-state index contributed by atoms with van der Waals surface area (Å²) in [6.07, 6.45) is 0. The van der Waals surface area contributed by atoms with E-state index < -0.39 is 0 Å². The number of hydrogen-bond acceptors (Lipinski definition) is 1. The minimum atomic E-state index is 1.11. The third-order valence-corrected chi connectivity index (χ3v) is 3.66. The Morgan fingerprint density at radius 3 is 2.80 bits per heavy atom. The Balaban J connectivity index is 2.45. The van der Waals surface area contributed by atoms with Gasteiger partial charge in [0, 0.05) is 24.0 Å². The summed E-state index contributed by atoms with van der Waals surface area (Å²) in [5.41, 5.74) is 4.10. The molecule has 0 radical (unpaired) electrons. The van der Waals surface area contributed by atoms with Crippen LogP contribution in [0.1, 0.15) is 18.2 Å². The highest BCUT2D eigenvalue weighted by molar-refractivity contribution is 7.98. The monoisotopic (exact) mass is 219 g/mol. The molecule has 2 aromatic rings. The average molecular weight is 219 g/mol. The highest BCUT2D eigenvalue weighted by Gasteiger charge is 2.04. The van der Waals surface area contributed by atoms with E-state index in [0.29, 0.717) is 0 Å². The lowest BCUT2D eigenvalue weighted by Crippen LogP contribution is -1.94. The number of hydrogen-bond donors (Lipinski definition) is 0. The number of fused-ring (bicyclic) bond motifs is 1. The Morgan fingerprint density at radius 2 is 2.07 bits per heavy atom. The molecule has 1 heterocycles. The fourth-order valence-corrected chi connectivity index (χ4v) is 2.53. The molecule has 0 bridgehead atoms. The van der Waals surface area contributed by atoms with Gasteiger partial charge in [0.2, 0.25) is 0 Å². The lowest BCUT2D eigenvalue weighted by molar-refractivity contribution is 0.909. The average Bonchev–Trinajstić information content (AvgIpc) is 2.53. The molecule has 1 nitrogen and oxygen atoms in total. The van der Waals surface area contributed by atoms with E-state index in [4.69, 9.17) is 0 Å². The van der Waals surface area contributed by atoms with E-state index in [0.717, 1.165) is 5.75 Å². The smallest absolute Gasteiger partial charge is 0.0482 e. The Morgan fingerprint density at radius 1 is 1.27 bits per heavy atom. The zero-order chi connectivity index (χ0) is 10.8. The van der Waals surface area contributed by atoms with Crippen LogP contribution >= 0.6 is 11.8 Å². The van der Waals surface area contributed by atoms with Gasteiger partial charge in [-0.25, -0.2) is 0 Å². The maximum absolute atomic E-state index is 2.31. The molecule has 2 heteroatoms. The van der Waals surface area contributed by atoms with Gasteiger partial charge in [-0.1, -0.05) is 19.1 Å². The predicted molar refractivity (Wildman–Crippen MR) is 69.5 cm³/mol. The second kappa shape index (κ2) is 4.31. The molecule has 15 heavy (non-hydrogen) atoms. The maximum atomic E-state index is 2.31. The molecule has 0 spiro atoms. The van der Waals surface area contributed by atoms with Crippen LogP contribution in [0.5, 0.6) is 0 Å². The molecule has 0 atom stereocenters. The van der Waals surface area contributed by atoms with Gasteiger partial charge in [0.25, 0.3) is 0 Å². The van der Waals surface area contributed by atoms with E-state index in [1.54, 1.807) is 0 Å². The van der Waals surface area contributed by atoms with Crippen LogP contribution in [0.2, 0.25) is 0 Å². The number of nitrogens with zero attached hydrogens (tertiary/aromatic N) is 1. The summed E-state index contributed by atoms with van der Waals surface area (Å²) in [5.74, 6) is 2.29. The molecule has 0 saturated heterocycles. The van der Waals surface area contributed by atoms with Crippen molar-refractivity contribution in [3.63, 3.8) is 0 Å². The third-order valence-electron chi connectivity index (χ3n) is 2.75. The van der Waals surface area contributed by atoms with Crippen LogP contribution in [0.4, 0.5) is 0 Å². The fraction of sp³-hybridized carbons (Fsp3) is 0.385. The van der Waals surface area contributed by atoms with Crippen LogP contribution in [0.3, 0.4) is 0 Å². The van der Waals surface area contributed by atoms with Gasteiger partial charge in [0.1, 0.15) is 0 Å². The quantitative estimate of drug-likeness (QED) is 0.761. The molecule has 0 amide bonds. The van der Waals surface area contributed by atoms with Crippen molar-refractivity contribution in [3.05, 3.63) is 35.5 Å². The minimum absolute atomic E-state index is 1.11. The molecular formula is C13H17NS. The van der Waals surface area contributed by atoms with Crippen molar-refractivity contribution in [1.82, 2.24) is 4.57 Å². The lowest BCUT2D eigenvalue weighted by atomic mass is 10.2. The van der Waals surface area contributed by atoms with Crippen molar-refractivity contribution in [2.24, 2.45) is 7.05 Å². The Kier molecular flexibility index (Phi) is 3.06. The van der Waals surface area contributed by atoms with Gasteiger partial charge in [0.05, 0.1) is 0 Å². The highest BCUT2D eigenvalue weighted by Crippen LogP contribution is 2.22. The Bertz CT molecular complexity index is 471. The van der Waals surface area contributed by atoms with Crippen LogP contribution in [-0.2, 0) is 12.8 Å². The first kappa shape index (κ1) is 10.6. The number of aryl methyl sites for hydroxylation is 2. The second-order valence-corrected chi connectivity index (χ2v) is 5.17. The molecule has 1 aromatic carbocycles. The van der Waals surface area contributed by atoms with E-state index in [-0.39, 0.29) is 0 Å². The summed E-state index contributed by atoms with van der Waals surface area (Å²) in [6.45, 7) is 4.35. The molecule has 0 N–H and O–H groups in total. The molecule has 0 saturated carbocycles. The molecule has 0 unspecified atom stereocenters. The fourth-order valence-electron chi connectivity index (χ4n) is 1.84. The molecule has 0 aliphatic carbocycles. The largest absolute Gasteiger partial charge is 0.347 e. The number of thioether (sulfide) groups is 1. The summed E-state index contributed by atoms with van der Waals surface area (Å²) in [6, 6.07) is 8.96. The predicted octanol–water partition coefficient (Wildman–Crippen LogP) is 3.74. The summed E-state index contributed by atoms with van der Waals surface area (Å²) in [4.78, 5) is 0. The summed E-state index contributed by atoms with van der Waals surface area (Å²) < 4.78 is 2.31. The van der Waals surface area contributed by atoms with E-state index in [9.17, 15) is 0 Å². The van der Waals surface area contributed by atoms with E-state index in [1.165, 1.54) is 27.9 Å². The van der Waals surface area contributed by atoms with Crippen molar-refractivity contribution in [3.8, 4) is 0 Å². The van der Waals surface area contributed by atoms with Crippen molar-refractivity contribution in [2.45, 2.75) is 19.6 Å². The van der Waals surface area contributed by atoms with Gasteiger partial charge in [-0.15, -0.1) is 0 Å². The summed E-state index contributed by atoms with van der Waals surface area (Å²) >= 11 is 1.97. The highest BCUT2D eigenvalue weighted by atomic mass is 32.2. The first-order chi connectivity index (χ1) is 7.22. The van der Waals surface area contributed by atoms with Gasteiger partial charge in [-0.3, -0.25) is 0 Å². The Labute approximate surface area is 95.5 Å². The lowest BCUT2D eigenvalue weighted by Gasteiger charge is -2.03. The van der Waals surface area contributed by atoms with Crippen LogP contribution in [0.15, 0.2) is 24.3 Å². The zero-order valence-corrected chi connectivity index (χ0v) is 10.4. The first-order valence-electron chi connectivity index (χ1n) is 5.35. The number of rotatable bonds is 3. The van der Waals surface area contributed by atoms with Crippen molar-refractivity contribution in [2.75, 3.05) is 5.75 Å². The number of aromatic nitrogens is 1. The maximum Gasteiger partial charge on any atom is 0.0482 e. The minimum Gasteiger partial charge on any atom is -0.347 e. The summed E-state index contributed by atoms with van der Waals surface area (Å²) in [7, 11) is 2.16. The van der Waals surface area contributed by atoms with Gasteiger partial charge in [-0.2, -0.15) is 11.8 Å². The van der Waals surface area contributed by atoms with Gasteiger partial charge >= 0.3 is 0 Å². The van der Waals surface area contributed by atoms with Gasteiger partial charge in [0.15, 0.2) is 0 Å². The van der Waals surface area contributed by atoms with E-state index in [1.807, 2.05) is 11.8 Å². The van der Waals surface area contributed by atoms with Crippen LogP contribution < -0.4 is 0 Å². The van der Waals surface area contributed by atoms with Gasteiger partial charge < -0.3 is 4.57 Å². The first-order valence-corrected chi connectivity index (χ1v) is 6.50. The normalized spacial score (nSPS) is 11.1. The van der Waals surface area contributed by atoms with E-state index in [2.05, 4.69) is 49.7 Å². The molecule has 2 rings (SSSR count). The molecule has 80 valence electrons. The Hall–Kier alpha value is -0.890. The standard InChI is InChI=1S/C13H17NS/c1-4-15-9-12-8-11-6-5-10(2)7-13(11)14(12)3/h5-8H,4,9H2,1-3H3. The SMILES string of the molecule is CCSCc1cc2ccc(C)cc2n1C. The third kappa shape index (κ3) is 2.05. The molecule has 1 aromatic heterocycles. The van der Waals surface area contributed by atoms with Crippen LogP contribution in [-0.4, -0.2) is 10.3 Å². The second-order valence-electron chi connectivity index (χ2n) is 3.89.